The maximum Gasteiger partial charge on any atom is 0.243 e. The first-order chi connectivity index (χ1) is 9.60. The van der Waals surface area contributed by atoms with Crippen molar-refractivity contribution in [3.05, 3.63) is 18.2 Å². The predicted octanol–water partition coefficient (Wildman–Crippen LogP) is -0.449. The minimum atomic E-state index is -0.631. The van der Waals surface area contributed by atoms with Crippen molar-refractivity contribution < 1.29 is 14.4 Å². The maximum absolute atomic E-state index is 12.1. The van der Waals surface area contributed by atoms with Crippen LogP contribution in [0.15, 0.2) is 12.5 Å². The van der Waals surface area contributed by atoms with Crippen molar-refractivity contribution in [2.24, 2.45) is 5.92 Å². The fraction of sp³-hybridized carbons (Fsp3) is 0.538. The van der Waals surface area contributed by atoms with Crippen molar-refractivity contribution in [1.29, 1.82) is 0 Å². The predicted molar refractivity (Wildman–Crippen MR) is 70.6 cm³/mol. The molecular formula is C13H18N4O3. The number of aldehydes is 1. The number of hydrogen-bond donors (Lipinski definition) is 3. The summed E-state index contributed by atoms with van der Waals surface area (Å²) in [5.41, 5.74) is 0.767. The van der Waals surface area contributed by atoms with Gasteiger partial charge < -0.3 is 20.4 Å². The van der Waals surface area contributed by atoms with Crippen molar-refractivity contribution in [2.45, 2.75) is 38.3 Å². The summed E-state index contributed by atoms with van der Waals surface area (Å²) in [4.78, 5) is 41.3. The third kappa shape index (κ3) is 3.43. The van der Waals surface area contributed by atoms with Crippen LogP contribution in [0, 0.1) is 5.92 Å². The lowest BCUT2D eigenvalue weighted by atomic mass is 9.91. The number of nitrogens with zero attached hydrogens (tertiary/aromatic N) is 1. The molecule has 2 unspecified atom stereocenters. The van der Waals surface area contributed by atoms with Crippen LogP contribution in [0.3, 0.4) is 0 Å². The number of carbonyl (C=O) groups excluding carboxylic acids is 3. The van der Waals surface area contributed by atoms with Gasteiger partial charge >= 0.3 is 0 Å². The van der Waals surface area contributed by atoms with Crippen molar-refractivity contribution in [3.8, 4) is 0 Å². The van der Waals surface area contributed by atoms with E-state index in [1.54, 1.807) is 6.20 Å². The van der Waals surface area contributed by atoms with Crippen molar-refractivity contribution >= 4 is 18.1 Å². The van der Waals surface area contributed by atoms with E-state index in [1.165, 1.54) is 6.33 Å². The van der Waals surface area contributed by atoms with Gasteiger partial charge in [-0.3, -0.25) is 9.59 Å². The van der Waals surface area contributed by atoms with Gasteiger partial charge in [-0.25, -0.2) is 4.98 Å². The minimum Gasteiger partial charge on any atom is -0.348 e. The second kappa shape index (κ2) is 6.31. The van der Waals surface area contributed by atoms with Gasteiger partial charge in [-0.05, 0) is 12.3 Å². The summed E-state index contributed by atoms with van der Waals surface area (Å²) in [6, 6.07) is -1.20. The number of carbonyl (C=O) groups is 3. The Labute approximate surface area is 116 Å². The molecule has 1 aromatic rings. The second-order valence-corrected chi connectivity index (χ2v) is 5.09. The Hall–Kier alpha value is -2.18. The van der Waals surface area contributed by atoms with Crippen LogP contribution in [0.5, 0.6) is 0 Å². The number of hydrogen-bond acceptors (Lipinski definition) is 4. The fourth-order valence-electron chi connectivity index (χ4n) is 2.28. The number of nitrogens with one attached hydrogen (secondary N) is 3. The molecule has 2 heterocycles. The molecule has 3 N–H and O–H groups in total. The molecule has 0 spiro atoms. The van der Waals surface area contributed by atoms with E-state index in [1.807, 2.05) is 6.92 Å². The molecule has 1 aromatic heterocycles. The van der Waals surface area contributed by atoms with Crippen molar-refractivity contribution in [2.75, 3.05) is 0 Å². The van der Waals surface area contributed by atoms with E-state index < -0.39 is 12.1 Å². The molecule has 0 bridgehead atoms. The lowest BCUT2D eigenvalue weighted by molar-refractivity contribution is -0.133. The molecule has 1 aliphatic heterocycles. The normalized spacial score (nSPS) is 23.8. The number of piperidine rings is 1. The summed E-state index contributed by atoms with van der Waals surface area (Å²) in [7, 11) is 0. The van der Waals surface area contributed by atoms with Gasteiger partial charge in [0.1, 0.15) is 12.3 Å². The molecule has 3 atom stereocenters. The van der Waals surface area contributed by atoms with Gasteiger partial charge in [0, 0.05) is 24.7 Å². The Bertz CT molecular complexity index is 486. The Morgan fingerprint density at radius 3 is 3.10 bits per heavy atom. The monoisotopic (exact) mass is 278 g/mol. The van der Waals surface area contributed by atoms with Crippen LogP contribution < -0.4 is 10.6 Å². The van der Waals surface area contributed by atoms with E-state index >= 15 is 0 Å². The standard InChI is InChI=1S/C13H18N4O3/c1-8-2-3-11(19)17-12(8)13(20)16-10(6-18)4-9-5-14-7-15-9/h5-8,10,12H,2-4H2,1H3,(H,14,15)(H,16,20)(H,17,19)/t8?,10-,12?/m0/s1. The van der Waals surface area contributed by atoms with Gasteiger partial charge in [-0.2, -0.15) is 0 Å². The molecule has 0 radical (unpaired) electrons. The highest BCUT2D eigenvalue weighted by Crippen LogP contribution is 2.16. The summed E-state index contributed by atoms with van der Waals surface area (Å²) in [5.74, 6) is -0.381. The van der Waals surface area contributed by atoms with E-state index in [4.69, 9.17) is 0 Å². The SMILES string of the molecule is CC1CCC(=O)NC1C(=O)N[C@H](C=O)Cc1cnc[nH]1. The van der Waals surface area contributed by atoms with E-state index in [-0.39, 0.29) is 17.7 Å². The second-order valence-electron chi connectivity index (χ2n) is 5.09. The molecule has 0 aromatic carbocycles. The van der Waals surface area contributed by atoms with Gasteiger partial charge in [0.05, 0.1) is 12.4 Å². The van der Waals surface area contributed by atoms with Crippen LogP contribution in [0.1, 0.15) is 25.5 Å². The number of imidazole rings is 1. The lowest BCUT2D eigenvalue weighted by Crippen LogP contribution is -2.55. The highest BCUT2D eigenvalue weighted by Gasteiger charge is 2.31. The number of amides is 2. The Kier molecular flexibility index (Phi) is 4.49. The molecule has 20 heavy (non-hydrogen) atoms. The van der Waals surface area contributed by atoms with Crippen LogP contribution in [0.25, 0.3) is 0 Å². The first-order valence-electron chi connectivity index (χ1n) is 6.62. The summed E-state index contributed by atoms with van der Waals surface area (Å²) in [6.07, 6.45) is 5.28. The van der Waals surface area contributed by atoms with Crippen LogP contribution in [0.2, 0.25) is 0 Å². The molecule has 0 saturated carbocycles. The summed E-state index contributed by atoms with van der Waals surface area (Å²) >= 11 is 0. The first kappa shape index (κ1) is 14.2. The highest BCUT2D eigenvalue weighted by atomic mass is 16.2. The van der Waals surface area contributed by atoms with Gasteiger partial charge in [-0.15, -0.1) is 0 Å². The van der Waals surface area contributed by atoms with Crippen LogP contribution >= 0.6 is 0 Å². The third-order valence-corrected chi connectivity index (χ3v) is 3.48. The number of aromatic nitrogens is 2. The average Bonchev–Trinajstić information content (AvgIpc) is 2.93. The molecule has 2 amide bonds. The summed E-state index contributed by atoms with van der Waals surface area (Å²) < 4.78 is 0. The van der Waals surface area contributed by atoms with E-state index in [2.05, 4.69) is 20.6 Å². The topological polar surface area (TPSA) is 104 Å². The number of aromatic amines is 1. The Morgan fingerprint density at radius 2 is 2.45 bits per heavy atom. The van der Waals surface area contributed by atoms with Crippen LogP contribution in [-0.4, -0.2) is 40.2 Å². The van der Waals surface area contributed by atoms with Gasteiger partial charge in [0.15, 0.2) is 0 Å². The zero-order chi connectivity index (χ0) is 14.5. The van der Waals surface area contributed by atoms with Crippen LogP contribution in [-0.2, 0) is 20.8 Å². The summed E-state index contributed by atoms with van der Waals surface area (Å²) in [5, 5.41) is 5.32. The maximum atomic E-state index is 12.1. The van der Waals surface area contributed by atoms with E-state index in [0.29, 0.717) is 25.5 Å². The molecule has 0 aliphatic carbocycles. The molecule has 7 nitrogen and oxygen atoms in total. The number of rotatable bonds is 5. The molecule has 1 fully saturated rings. The largest absolute Gasteiger partial charge is 0.348 e. The zero-order valence-corrected chi connectivity index (χ0v) is 11.3. The van der Waals surface area contributed by atoms with E-state index in [0.717, 1.165) is 5.69 Å². The molecular weight excluding hydrogens is 260 g/mol. The number of H-pyrrole nitrogens is 1. The van der Waals surface area contributed by atoms with Gasteiger partial charge in [0.25, 0.3) is 0 Å². The summed E-state index contributed by atoms with van der Waals surface area (Å²) in [6.45, 7) is 1.91. The Balaban J connectivity index is 1.94. The van der Waals surface area contributed by atoms with Gasteiger partial charge in [0.2, 0.25) is 11.8 Å². The van der Waals surface area contributed by atoms with E-state index in [9.17, 15) is 14.4 Å². The molecule has 1 aliphatic rings. The highest BCUT2D eigenvalue weighted by molar-refractivity contribution is 5.90. The minimum absolute atomic E-state index is 0.0622. The quantitative estimate of drug-likeness (QED) is 0.635. The molecule has 2 rings (SSSR count). The van der Waals surface area contributed by atoms with Crippen molar-refractivity contribution in [3.63, 3.8) is 0 Å². The molecule has 1 saturated heterocycles. The molecule has 7 heteroatoms. The molecule has 108 valence electrons. The fourth-order valence-corrected chi connectivity index (χ4v) is 2.28. The third-order valence-electron chi connectivity index (χ3n) is 3.48. The van der Waals surface area contributed by atoms with Gasteiger partial charge in [-0.1, -0.05) is 6.92 Å². The zero-order valence-electron chi connectivity index (χ0n) is 11.3. The smallest absolute Gasteiger partial charge is 0.243 e. The average molecular weight is 278 g/mol. The lowest BCUT2D eigenvalue weighted by Gasteiger charge is -2.29. The van der Waals surface area contributed by atoms with Crippen LogP contribution in [0.4, 0.5) is 0 Å². The first-order valence-corrected chi connectivity index (χ1v) is 6.62. The van der Waals surface area contributed by atoms with Crippen molar-refractivity contribution in [1.82, 2.24) is 20.6 Å². The Morgan fingerprint density at radius 1 is 1.65 bits per heavy atom.